The predicted octanol–water partition coefficient (Wildman–Crippen LogP) is 1.22. The van der Waals surface area contributed by atoms with Crippen molar-refractivity contribution in [3.05, 3.63) is 0 Å². The van der Waals surface area contributed by atoms with Gasteiger partial charge in [0.1, 0.15) is 0 Å². The molecule has 2 heteroatoms. The number of nitrogens with zero attached hydrogens (tertiary/aromatic N) is 1. The molecule has 0 saturated carbocycles. The number of ether oxygens (including phenoxy) is 1. The maximum atomic E-state index is 5.23. The van der Waals surface area contributed by atoms with Gasteiger partial charge in [0, 0.05) is 25.6 Å². The highest BCUT2D eigenvalue weighted by atomic mass is 16.5. The minimum atomic E-state index is 0.448. The number of hydrogen-bond acceptors (Lipinski definition) is 2. The predicted molar refractivity (Wildman–Crippen MR) is 46.6 cm³/mol. The van der Waals surface area contributed by atoms with Crippen LogP contribution in [0.1, 0.15) is 13.8 Å². The van der Waals surface area contributed by atoms with Crippen molar-refractivity contribution in [1.82, 2.24) is 4.90 Å². The molecule has 1 rings (SSSR count). The zero-order valence-corrected chi connectivity index (χ0v) is 8.05. The van der Waals surface area contributed by atoms with Gasteiger partial charge in [0.25, 0.3) is 0 Å². The number of likely N-dealkylation sites (tertiary alicyclic amines) is 1. The molecule has 0 bridgehead atoms. The van der Waals surface area contributed by atoms with E-state index in [9.17, 15) is 0 Å². The summed E-state index contributed by atoms with van der Waals surface area (Å²) in [6.07, 6.45) is 0. The summed E-state index contributed by atoms with van der Waals surface area (Å²) in [7, 11) is 3.96. The largest absolute Gasteiger partial charge is 0.384 e. The van der Waals surface area contributed by atoms with E-state index in [-0.39, 0.29) is 0 Å². The monoisotopic (exact) mass is 157 g/mol. The molecule has 66 valence electrons. The lowest BCUT2D eigenvalue weighted by molar-refractivity contribution is -0.0719. The minimum Gasteiger partial charge on any atom is -0.384 e. The van der Waals surface area contributed by atoms with Gasteiger partial charge >= 0.3 is 0 Å². The molecule has 0 radical (unpaired) electrons. The van der Waals surface area contributed by atoms with Gasteiger partial charge in [-0.3, -0.25) is 0 Å². The second-order valence-electron chi connectivity index (χ2n) is 4.12. The van der Waals surface area contributed by atoms with Gasteiger partial charge in [-0.15, -0.1) is 0 Å². The molecule has 1 aliphatic heterocycles. The van der Waals surface area contributed by atoms with Gasteiger partial charge in [0.2, 0.25) is 0 Å². The Balaban J connectivity index is 2.46. The minimum absolute atomic E-state index is 0.448. The summed E-state index contributed by atoms with van der Waals surface area (Å²) < 4.78 is 5.23. The first-order chi connectivity index (χ1) is 5.10. The molecule has 0 aromatic heterocycles. The summed E-state index contributed by atoms with van der Waals surface area (Å²) in [6.45, 7) is 7.87. The van der Waals surface area contributed by atoms with Gasteiger partial charge in [0.05, 0.1) is 6.61 Å². The quantitative estimate of drug-likeness (QED) is 0.611. The van der Waals surface area contributed by atoms with E-state index >= 15 is 0 Å². The Kier molecular flexibility index (Phi) is 2.55. The van der Waals surface area contributed by atoms with Crippen molar-refractivity contribution >= 4 is 0 Å². The molecule has 0 aromatic rings. The third kappa shape index (κ3) is 1.57. The molecule has 1 saturated heterocycles. The van der Waals surface area contributed by atoms with Crippen LogP contribution in [-0.4, -0.2) is 38.8 Å². The molecule has 1 fully saturated rings. The fourth-order valence-corrected chi connectivity index (χ4v) is 1.94. The van der Waals surface area contributed by atoms with Crippen molar-refractivity contribution in [3.63, 3.8) is 0 Å². The molecule has 0 amide bonds. The van der Waals surface area contributed by atoms with Crippen LogP contribution in [0.4, 0.5) is 0 Å². The summed E-state index contributed by atoms with van der Waals surface area (Å²) in [5.41, 5.74) is 0.448. The van der Waals surface area contributed by atoms with E-state index in [0.29, 0.717) is 5.41 Å². The van der Waals surface area contributed by atoms with E-state index < -0.39 is 0 Å². The Bertz CT molecular complexity index is 122. The Morgan fingerprint density at radius 3 is 2.27 bits per heavy atom. The molecule has 0 N–H and O–H groups in total. The van der Waals surface area contributed by atoms with Crippen molar-refractivity contribution in [1.29, 1.82) is 0 Å². The van der Waals surface area contributed by atoms with Crippen LogP contribution in [0.25, 0.3) is 0 Å². The third-order valence-electron chi connectivity index (χ3n) is 2.83. The van der Waals surface area contributed by atoms with Crippen LogP contribution in [0, 0.1) is 11.3 Å². The lowest BCUT2D eigenvalue weighted by atomic mass is 9.72. The molecular weight excluding hydrogens is 138 g/mol. The summed E-state index contributed by atoms with van der Waals surface area (Å²) in [5, 5.41) is 0. The molecule has 0 aromatic carbocycles. The zero-order chi connectivity index (χ0) is 8.48. The van der Waals surface area contributed by atoms with Crippen LogP contribution in [-0.2, 0) is 4.74 Å². The van der Waals surface area contributed by atoms with E-state index in [4.69, 9.17) is 4.74 Å². The van der Waals surface area contributed by atoms with E-state index in [1.54, 1.807) is 7.11 Å². The van der Waals surface area contributed by atoms with Crippen LogP contribution in [0.2, 0.25) is 0 Å². The van der Waals surface area contributed by atoms with Crippen molar-refractivity contribution in [2.24, 2.45) is 11.3 Å². The Labute approximate surface area is 69.5 Å². The van der Waals surface area contributed by atoms with Gasteiger partial charge in [-0.05, 0) is 13.0 Å². The Morgan fingerprint density at radius 1 is 1.45 bits per heavy atom. The van der Waals surface area contributed by atoms with Crippen LogP contribution in [0.3, 0.4) is 0 Å². The van der Waals surface area contributed by atoms with Crippen molar-refractivity contribution < 1.29 is 4.74 Å². The Morgan fingerprint density at radius 2 is 2.00 bits per heavy atom. The summed E-state index contributed by atoms with van der Waals surface area (Å²) in [4.78, 5) is 2.35. The molecule has 1 heterocycles. The molecule has 1 aliphatic rings. The lowest BCUT2D eigenvalue weighted by Crippen LogP contribution is -2.59. The van der Waals surface area contributed by atoms with Crippen LogP contribution < -0.4 is 0 Å². The molecular formula is C9H19NO. The second kappa shape index (κ2) is 3.11. The fourth-order valence-electron chi connectivity index (χ4n) is 1.94. The average Bonchev–Trinajstić information content (AvgIpc) is 1.84. The highest BCUT2D eigenvalue weighted by molar-refractivity contribution is 4.95. The van der Waals surface area contributed by atoms with E-state index in [0.717, 1.165) is 12.5 Å². The van der Waals surface area contributed by atoms with Gasteiger partial charge in [-0.2, -0.15) is 0 Å². The number of methoxy groups -OCH3 is 1. The third-order valence-corrected chi connectivity index (χ3v) is 2.83. The normalized spacial score (nSPS) is 23.7. The summed E-state index contributed by atoms with van der Waals surface area (Å²) >= 11 is 0. The standard InChI is InChI=1S/C9H19NO/c1-8(2)9(7-11-4)5-10(3)6-9/h8H,5-7H2,1-4H3. The van der Waals surface area contributed by atoms with Crippen molar-refractivity contribution in [3.8, 4) is 0 Å². The molecule has 0 atom stereocenters. The maximum Gasteiger partial charge on any atom is 0.0545 e. The summed E-state index contributed by atoms with van der Waals surface area (Å²) in [5.74, 6) is 0.735. The van der Waals surface area contributed by atoms with Crippen LogP contribution in [0.15, 0.2) is 0 Å². The van der Waals surface area contributed by atoms with Gasteiger partial charge in [-0.1, -0.05) is 13.8 Å². The zero-order valence-electron chi connectivity index (χ0n) is 8.05. The highest BCUT2D eigenvalue weighted by Crippen LogP contribution is 2.36. The van der Waals surface area contributed by atoms with Crippen molar-refractivity contribution in [2.45, 2.75) is 13.8 Å². The first kappa shape index (κ1) is 9.01. The van der Waals surface area contributed by atoms with E-state index in [1.807, 2.05) is 0 Å². The number of rotatable bonds is 3. The van der Waals surface area contributed by atoms with Crippen LogP contribution in [0.5, 0.6) is 0 Å². The first-order valence-corrected chi connectivity index (χ1v) is 4.28. The molecule has 0 unspecified atom stereocenters. The van der Waals surface area contributed by atoms with Crippen LogP contribution >= 0.6 is 0 Å². The maximum absolute atomic E-state index is 5.23. The lowest BCUT2D eigenvalue weighted by Gasteiger charge is -2.51. The van der Waals surface area contributed by atoms with Gasteiger partial charge < -0.3 is 9.64 Å². The molecule has 0 aliphatic carbocycles. The first-order valence-electron chi connectivity index (χ1n) is 4.28. The van der Waals surface area contributed by atoms with Gasteiger partial charge in [0.15, 0.2) is 0 Å². The number of hydrogen-bond donors (Lipinski definition) is 0. The Hall–Kier alpha value is -0.0800. The topological polar surface area (TPSA) is 12.5 Å². The van der Waals surface area contributed by atoms with E-state index in [1.165, 1.54) is 13.1 Å². The summed E-state index contributed by atoms with van der Waals surface area (Å²) in [6, 6.07) is 0. The smallest absolute Gasteiger partial charge is 0.0545 e. The second-order valence-corrected chi connectivity index (χ2v) is 4.12. The fraction of sp³-hybridized carbons (Fsp3) is 1.00. The highest BCUT2D eigenvalue weighted by Gasteiger charge is 2.43. The molecule has 2 nitrogen and oxygen atoms in total. The molecule has 11 heavy (non-hydrogen) atoms. The van der Waals surface area contributed by atoms with Crippen molar-refractivity contribution in [2.75, 3.05) is 33.9 Å². The molecule has 0 spiro atoms. The van der Waals surface area contributed by atoms with E-state index in [2.05, 4.69) is 25.8 Å². The van der Waals surface area contributed by atoms with Gasteiger partial charge in [-0.25, -0.2) is 0 Å². The average molecular weight is 157 g/mol. The SMILES string of the molecule is COCC1(C(C)C)CN(C)C1.